The molecule has 0 unspecified atom stereocenters. The first kappa shape index (κ1) is 17.3. The SMILES string of the molecule is c1cc(-c2cccc3ncoc23)c2c(c1)ccc1c(-c3cccc4ncoc34)cccc12. The highest BCUT2D eigenvalue weighted by Gasteiger charge is 2.15. The molecule has 4 nitrogen and oxygen atoms in total. The molecule has 0 aliphatic heterocycles. The lowest BCUT2D eigenvalue weighted by molar-refractivity contribution is 0.603. The average molecular weight is 412 g/mol. The topological polar surface area (TPSA) is 52.1 Å². The Hall–Kier alpha value is -4.44. The van der Waals surface area contributed by atoms with Gasteiger partial charge in [0.1, 0.15) is 11.0 Å². The third-order valence-corrected chi connectivity index (χ3v) is 6.20. The molecule has 32 heavy (non-hydrogen) atoms. The molecular weight excluding hydrogens is 396 g/mol. The van der Waals surface area contributed by atoms with Crippen LogP contribution in [0.3, 0.4) is 0 Å². The van der Waals surface area contributed by atoms with Crippen molar-refractivity contribution in [3.8, 4) is 22.3 Å². The Morgan fingerprint density at radius 3 is 1.81 bits per heavy atom. The Morgan fingerprint density at radius 1 is 0.469 bits per heavy atom. The monoisotopic (exact) mass is 412 g/mol. The summed E-state index contributed by atoms with van der Waals surface area (Å²) in [6.07, 6.45) is 3.01. The Balaban J connectivity index is 1.60. The van der Waals surface area contributed by atoms with Crippen LogP contribution in [0.25, 0.3) is 66.0 Å². The summed E-state index contributed by atoms with van der Waals surface area (Å²) in [5.41, 5.74) is 7.67. The van der Waals surface area contributed by atoms with Crippen LogP contribution in [0.2, 0.25) is 0 Å². The standard InChI is InChI=1S/C28H16N2O2/c1-5-17-13-14-19-18(22-9-3-11-24-27(22)31-15-29-24)6-2-8-20(19)26(17)21(7-1)23-10-4-12-25-28(23)32-16-30-25/h1-16H. The summed E-state index contributed by atoms with van der Waals surface area (Å²) in [6, 6.07) is 29.4. The first-order chi connectivity index (χ1) is 15.9. The van der Waals surface area contributed by atoms with Crippen molar-refractivity contribution in [1.29, 1.82) is 0 Å². The number of rotatable bonds is 2. The number of fused-ring (bicyclic) bond motifs is 5. The molecule has 0 spiro atoms. The maximum atomic E-state index is 5.77. The fourth-order valence-corrected chi connectivity index (χ4v) is 4.80. The largest absolute Gasteiger partial charge is 0.443 e. The van der Waals surface area contributed by atoms with Crippen LogP contribution in [0.15, 0.2) is 107 Å². The fourth-order valence-electron chi connectivity index (χ4n) is 4.80. The lowest BCUT2D eigenvalue weighted by Gasteiger charge is -2.13. The van der Waals surface area contributed by atoms with Crippen molar-refractivity contribution in [2.45, 2.75) is 0 Å². The van der Waals surface area contributed by atoms with Gasteiger partial charge in [0.05, 0.1) is 0 Å². The highest BCUT2D eigenvalue weighted by Crippen LogP contribution is 2.41. The van der Waals surface area contributed by atoms with Gasteiger partial charge in [0.25, 0.3) is 0 Å². The minimum atomic E-state index is 0.805. The van der Waals surface area contributed by atoms with Crippen LogP contribution in [0, 0.1) is 0 Å². The zero-order chi connectivity index (χ0) is 21.1. The molecule has 0 N–H and O–H groups in total. The van der Waals surface area contributed by atoms with Crippen molar-refractivity contribution in [2.24, 2.45) is 0 Å². The van der Waals surface area contributed by atoms with Gasteiger partial charge in [-0.15, -0.1) is 0 Å². The van der Waals surface area contributed by atoms with Gasteiger partial charge in [-0.3, -0.25) is 0 Å². The van der Waals surface area contributed by atoms with E-state index in [9.17, 15) is 0 Å². The molecule has 150 valence electrons. The molecule has 4 heteroatoms. The highest BCUT2D eigenvalue weighted by molar-refractivity contribution is 6.19. The smallest absolute Gasteiger partial charge is 0.182 e. The second kappa shape index (κ2) is 6.53. The molecule has 0 fully saturated rings. The van der Waals surface area contributed by atoms with Crippen LogP contribution in [-0.4, -0.2) is 9.97 Å². The molecule has 0 saturated carbocycles. The van der Waals surface area contributed by atoms with E-state index in [0.717, 1.165) is 44.5 Å². The van der Waals surface area contributed by atoms with Crippen molar-refractivity contribution in [1.82, 2.24) is 9.97 Å². The number of nitrogens with zero attached hydrogens (tertiary/aromatic N) is 2. The van der Waals surface area contributed by atoms with Crippen molar-refractivity contribution < 1.29 is 8.83 Å². The Morgan fingerprint density at radius 2 is 1.06 bits per heavy atom. The van der Waals surface area contributed by atoms with Crippen molar-refractivity contribution in [2.75, 3.05) is 0 Å². The number of hydrogen-bond acceptors (Lipinski definition) is 4. The summed E-state index contributed by atoms with van der Waals surface area (Å²) in [7, 11) is 0. The van der Waals surface area contributed by atoms with Crippen LogP contribution < -0.4 is 0 Å². The second-order valence-corrected chi connectivity index (χ2v) is 7.88. The van der Waals surface area contributed by atoms with Gasteiger partial charge < -0.3 is 8.83 Å². The van der Waals surface area contributed by atoms with Gasteiger partial charge in [-0.1, -0.05) is 72.8 Å². The summed E-state index contributed by atoms with van der Waals surface area (Å²) >= 11 is 0. The van der Waals surface area contributed by atoms with Gasteiger partial charge >= 0.3 is 0 Å². The maximum absolute atomic E-state index is 5.77. The zero-order valence-electron chi connectivity index (χ0n) is 16.9. The quantitative estimate of drug-likeness (QED) is 0.274. The Kier molecular flexibility index (Phi) is 3.52. The predicted octanol–water partition coefficient (Wildman–Crippen LogP) is 7.61. The summed E-state index contributed by atoms with van der Waals surface area (Å²) in [5.74, 6) is 0. The first-order valence-corrected chi connectivity index (χ1v) is 10.5. The summed E-state index contributed by atoms with van der Waals surface area (Å²) in [4.78, 5) is 8.67. The van der Waals surface area contributed by atoms with Crippen LogP contribution in [0.4, 0.5) is 0 Å². The number of benzene rings is 5. The van der Waals surface area contributed by atoms with Crippen molar-refractivity contribution in [3.63, 3.8) is 0 Å². The normalized spacial score (nSPS) is 11.8. The zero-order valence-corrected chi connectivity index (χ0v) is 16.9. The van der Waals surface area contributed by atoms with Crippen LogP contribution in [-0.2, 0) is 0 Å². The fraction of sp³-hybridized carbons (Fsp3) is 0. The van der Waals surface area contributed by atoms with E-state index in [2.05, 4.69) is 70.6 Å². The van der Waals surface area contributed by atoms with Gasteiger partial charge in [0.15, 0.2) is 24.0 Å². The van der Waals surface area contributed by atoms with E-state index in [1.54, 1.807) is 0 Å². The van der Waals surface area contributed by atoms with E-state index in [-0.39, 0.29) is 0 Å². The summed E-state index contributed by atoms with van der Waals surface area (Å²) < 4.78 is 11.5. The van der Waals surface area contributed by atoms with E-state index in [0.29, 0.717) is 0 Å². The van der Waals surface area contributed by atoms with Crippen LogP contribution >= 0.6 is 0 Å². The van der Waals surface area contributed by atoms with Crippen LogP contribution in [0.1, 0.15) is 0 Å². The number of oxazole rings is 2. The molecule has 0 atom stereocenters. The molecule has 0 bridgehead atoms. The second-order valence-electron chi connectivity index (χ2n) is 7.88. The molecular formula is C28H16N2O2. The van der Waals surface area contributed by atoms with E-state index in [1.807, 2.05) is 24.3 Å². The Labute approximate surface area is 182 Å². The lowest BCUT2D eigenvalue weighted by atomic mass is 9.90. The van der Waals surface area contributed by atoms with E-state index in [1.165, 1.54) is 34.3 Å². The highest BCUT2D eigenvalue weighted by atomic mass is 16.3. The third-order valence-electron chi connectivity index (χ3n) is 6.20. The van der Waals surface area contributed by atoms with Gasteiger partial charge in [-0.05, 0) is 44.8 Å². The maximum Gasteiger partial charge on any atom is 0.182 e. The summed E-state index contributed by atoms with van der Waals surface area (Å²) in [5, 5.41) is 4.73. The molecule has 0 aliphatic carbocycles. The number of para-hydroxylation sites is 2. The summed E-state index contributed by atoms with van der Waals surface area (Å²) in [6.45, 7) is 0. The first-order valence-electron chi connectivity index (χ1n) is 10.5. The molecule has 0 saturated heterocycles. The van der Waals surface area contributed by atoms with E-state index < -0.39 is 0 Å². The Bertz CT molecular complexity index is 1790. The minimum Gasteiger partial charge on any atom is -0.443 e. The lowest BCUT2D eigenvalue weighted by Crippen LogP contribution is -1.87. The van der Waals surface area contributed by atoms with Crippen LogP contribution in [0.5, 0.6) is 0 Å². The number of aromatic nitrogens is 2. The van der Waals surface area contributed by atoms with Crippen molar-refractivity contribution in [3.05, 3.63) is 97.7 Å². The molecule has 0 amide bonds. The molecule has 2 aromatic heterocycles. The molecule has 0 aliphatic rings. The molecule has 7 aromatic rings. The average Bonchev–Trinajstić information content (AvgIpc) is 3.52. The van der Waals surface area contributed by atoms with Gasteiger partial charge in [0.2, 0.25) is 0 Å². The van der Waals surface area contributed by atoms with E-state index in [4.69, 9.17) is 8.83 Å². The number of hydrogen-bond donors (Lipinski definition) is 0. The third kappa shape index (κ3) is 2.38. The molecule has 2 heterocycles. The van der Waals surface area contributed by atoms with Gasteiger partial charge in [0, 0.05) is 11.1 Å². The molecule has 0 radical (unpaired) electrons. The van der Waals surface area contributed by atoms with E-state index >= 15 is 0 Å². The van der Waals surface area contributed by atoms with Crippen molar-refractivity contribution >= 4 is 43.7 Å². The van der Waals surface area contributed by atoms with Gasteiger partial charge in [-0.2, -0.15) is 0 Å². The van der Waals surface area contributed by atoms with Gasteiger partial charge in [-0.25, -0.2) is 9.97 Å². The minimum absolute atomic E-state index is 0.805. The molecule has 5 aromatic carbocycles. The predicted molar refractivity (Wildman–Crippen MR) is 127 cm³/mol. The molecule has 7 rings (SSSR count).